The van der Waals surface area contributed by atoms with Gasteiger partial charge in [0.15, 0.2) is 0 Å². The van der Waals surface area contributed by atoms with Crippen LogP contribution < -0.4 is 0 Å². The lowest BCUT2D eigenvalue weighted by molar-refractivity contribution is 0.136. The van der Waals surface area contributed by atoms with Crippen LogP contribution in [0.1, 0.15) is 31.7 Å². The van der Waals surface area contributed by atoms with E-state index in [2.05, 4.69) is 22.9 Å². The molecule has 0 saturated carbocycles. The highest BCUT2D eigenvalue weighted by molar-refractivity contribution is 9.10. The first-order valence-corrected chi connectivity index (χ1v) is 6.76. The Hall–Kier alpha value is -0.800. The molecule has 0 fully saturated rings. The average Bonchev–Trinajstić information content (AvgIpc) is 2.32. The van der Waals surface area contributed by atoms with Crippen molar-refractivity contribution in [3.63, 3.8) is 0 Å². The van der Waals surface area contributed by atoms with Crippen LogP contribution in [0.15, 0.2) is 28.7 Å². The molecule has 1 aromatic rings. The van der Waals surface area contributed by atoms with Crippen LogP contribution in [0.5, 0.6) is 5.75 Å². The molecule has 0 aliphatic heterocycles. The summed E-state index contributed by atoms with van der Waals surface area (Å²) < 4.78 is 6.41. The lowest BCUT2D eigenvalue weighted by Crippen LogP contribution is -1.94. The second-order valence-corrected chi connectivity index (χ2v) is 4.78. The number of ether oxygens (including phenoxy) is 1. The molecule has 0 aliphatic rings. The largest absolute Gasteiger partial charge is 0.507 e. The predicted molar refractivity (Wildman–Crippen MR) is 75.2 cm³/mol. The molecule has 1 N–H and O–H groups in total. The second-order valence-electron chi connectivity index (χ2n) is 3.86. The maximum absolute atomic E-state index is 9.60. The summed E-state index contributed by atoms with van der Waals surface area (Å²) in [6, 6.07) is 5.39. The third-order valence-corrected chi connectivity index (χ3v) is 2.85. The topological polar surface area (TPSA) is 29.5 Å². The second kappa shape index (κ2) is 8.31. The average molecular weight is 299 g/mol. The Morgan fingerprint density at radius 3 is 2.94 bits per heavy atom. The zero-order valence-corrected chi connectivity index (χ0v) is 11.7. The third kappa shape index (κ3) is 5.89. The molecule has 0 bridgehead atoms. The summed E-state index contributed by atoms with van der Waals surface area (Å²) in [5, 5.41) is 9.60. The highest BCUT2D eigenvalue weighted by Gasteiger charge is 1.97. The molecule has 0 atom stereocenters. The van der Waals surface area contributed by atoms with Gasteiger partial charge in [0.05, 0.1) is 6.61 Å². The van der Waals surface area contributed by atoms with E-state index in [1.165, 1.54) is 6.42 Å². The molecule has 0 aliphatic carbocycles. The Morgan fingerprint density at radius 2 is 2.18 bits per heavy atom. The Morgan fingerprint density at radius 1 is 1.35 bits per heavy atom. The van der Waals surface area contributed by atoms with E-state index in [1.54, 1.807) is 6.07 Å². The zero-order chi connectivity index (χ0) is 12.5. The first-order valence-electron chi connectivity index (χ1n) is 5.97. The Kier molecular flexibility index (Phi) is 6.97. The van der Waals surface area contributed by atoms with Crippen LogP contribution in [0.4, 0.5) is 0 Å². The molecule has 0 heterocycles. The normalized spacial score (nSPS) is 11.2. The molecule has 2 nitrogen and oxygen atoms in total. The molecule has 0 radical (unpaired) electrons. The number of phenols is 1. The molecule has 1 rings (SSSR count). The van der Waals surface area contributed by atoms with Gasteiger partial charge in [-0.3, -0.25) is 0 Å². The van der Waals surface area contributed by atoms with Gasteiger partial charge >= 0.3 is 0 Å². The van der Waals surface area contributed by atoms with Gasteiger partial charge in [-0.25, -0.2) is 0 Å². The number of rotatable bonds is 7. The summed E-state index contributed by atoms with van der Waals surface area (Å²) in [5.74, 6) is 0.302. The molecule has 94 valence electrons. The summed E-state index contributed by atoms with van der Waals surface area (Å²) in [6.45, 7) is 3.73. The van der Waals surface area contributed by atoms with Crippen molar-refractivity contribution in [2.45, 2.75) is 26.2 Å². The van der Waals surface area contributed by atoms with E-state index in [4.69, 9.17) is 4.74 Å². The van der Waals surface area contributed by atoms with Gasteiger partial charge in [0.2, 0.25) is 0 Å². The molecular weight excluding hydrogens is 280 g/mol. The van der Waals surface area contributed by atoms with Gasteiger partial charge in [0.25, 0.3) is 0 Å². The predicted octanol–water partition coefficient (Wildman–Crippen LogP) is 4.37. The fourth-order valence-electron chi connectivity index (χ4n) is 1.37. The fourth-order valence-corrected chi connectivity index (χ4v) is 1.75. The van der Waals surface area contributed by atoms with Crippen LogP contribution in [0.2, 0.25) is 0 Å². The number of hydrogen-bond donors (Lipinski definition) is 1. The van der Waals surface area contributed by atoms with Crippen molar-refractivity contribution in [2.24, 2.45) is 0 Å². The molecular formula is C14H19BrO2. The summed E-state index contributed by atoms with van der Waals surface area (Å²) in [6.07, 6.45) is 7.10. The minimum absolute atomic E-state index is 0.302. The van der Waals surface area contributed by atoms with Crippen LogP contribution in [0, 0.1) is 0 Å². The number of unbranched alkanes of at least 4 members (excludes halogenated alkanes) is 1. The van der Waals surface area contributed by atoms with Gasteiger partial charge in [0, 0.05) is 16.6 Å². The van der Waals surface area contributed by atoms with Crippen LogP contribution in [0.3, 0.4) is 0 Å². The van der Waals surface area contributed by atoms with E-state index in [1.807, 2.05) is 24.3 Å². The van der Waals surface area contributed by atoms with E-state index in [0.29, 0.717) is 5.75 Å². The highest BCUT2D eigenvalue weighted by atomic mass is 79.9. The van der Waals surface area contributed by atoms with Crippen molar-refractivity contribution in [2.75, 3.05) is 13.2 Å². The molecule has 0 unspecified atom stereocenters. The minimum atomic E-state index is 0.302. The SMILES string of the molecule is CCCCOCC/C=C/c1cc(Br)ccc1O. The Balaban J connectivity index is 2.30. The van der Waals surface area contributed by atoms with E-state index in [0.717, 1.165) is 36.1 Å². The third-order valence-electron chi connectivity index (χ3n) is 2.36. The number of phenolic OH excluding ortho intramolecular Hbond substituents is 1. The summed E-state index contributed by atoms with van der Waals surface area (Å²) in [7, 11) is 0. The van der Waals surface area contributed by atoms with Gasteiger partial charge in [0.1, 0.15) is 5.75 Å². The van der Waals surface area contributed by atoms with Crippen molar-refractivity contribution >= 4 is 22.0 Å². The smallest absolute Gasteiger partial charge is 0.122 e. The first-order chi connectivity index (χ1) is 8.24. The summed E-state index contributed by atoms with van der Waals surface area (Å²) in [5.41, 5.74) is 0.827. The minimum Gasteiger partial charge on any atom is -0.507 e. The van der Waals surface area contributed by atoms with Crippen molar-refractivity contribution in [1.82, 2.24) is 0 Å². The maximum atomic E-state index is 9.60. The molecule has 17 heavy (non-hydrogen) atoms. The maximum Gasteiger partial charge on any atom is 0.122 e. The van der Waals surface area contributed by atoms with E-state index < -0.39 is 0 Å². The van der Waals surface area contributed by atoms with Gasteiger partial charge in [-0.1, -0.05) is 41.4 Å². The highest BCUT2D eigenvalue weighted by Crippen LogP contribution is 2.23. The van der Waals surface area contributed by atoms with Crippen LogP contribution >= 0.6 is 15.9 Å². The van der Waals surface area contributed by atoms with Crippen molar-refractivity contribution in [3.05, 3.63) is 34.3 Å². The number of benzene rings is 1. The number of hydrogen-bond acceptors (Lipinski definition) is 2. The first kappa shape index (κ1) is 14.3. The van der Waals surface area contributed by atoms with E-state index >= 15 is 0 Å². The van der Waals surface area contributed by atoms with E-state index in [9.17, 15) is 5.11 Å². The van der Waals surface area contributed by atoms with Gasteiger partial charge in [-0.2, -0.15) is 0 Å². The molecule has 0 amide bonds. The molecule has 1 aromatic carbocycles. The summed E-state index contributed by atoms with van der Waals surface area (Å²) >= 11 is 3.38. The molecule has 0 saturated heterocycles. The fraction of sp³-hybridized carbons (Fsp3) is 0.429. The van der Waals surface area contributed by atoms with Gasteiger partial charge < -0.3 is 9.84 Å². The lowest BCUT2D eigenvalue weighted by atomic mass is 10.2. The Labute approximate surface area is 111 Å². The molecule has 0 aromatic heterocycles. The van der Waals surface area contributed by atoms with Gasteiger partial charge in [-0.15, -0.1) is 0 Å². The van der Waals surface area contributed by atoms with Crippen LogP contribution in [0.25, 0.3) is 6.08 Å². The number of halogens is 1. The van der Waals surface area contributed by atoms with Gasteiger partial charge in [-0.05, 0) is 31.0 Å². The molecule has 0 spiro atoms. The monoisotopic (exact) mass is 298 g/mol. The standard InChI is InChI=1S/C14H19BrO2/c1-2-3-9-17-10-5-4-6-12-11-13(15)7-8-14(12)16/h4,6-8,11,16H,2-3,5,9-10H2,1H3/b6-4+. The lowest BCUT2D eigenvalue weighted by Gasteiger charge is -2.01. The Bertz CT molecular complexity index is 361. The van der Waals surface area contributed by atoms with E-state index in [-0.39, 0.29) is 0 Å². The number of aromatic hydroxyl groups is 1. The van der Waals surface area contributed by atoms with Crippen molar-refractivity contribution in [1.29, 1.82) is 0 Å². The van der Waals surface area contributed by atoms with Crippen molar-refractivity contribution < 1.29 is 9.84 Å². The van der Waals surface area contributed by atoms with Crippen LogP contribution in [-0.4, -0.2) is 18.3 Å². The summed E-state index contributed by atoms with van der Waals surface area (Å²) in [4.78, 5) is 0. The quantitative estimate of drug-likeness (QED) is 0.757. The van der Waals surface area contributed by atoms with Crippen LogP contribution in [-0.2, 0) is 4.74 Å². The van der Waals surface area contributed by atoms with Crippen molar-refractivity contribution in [3.8, 4) is 5.75 Å². The molecule has 3 heteroatoms. The zero-order valence-electron chi connectivity index (χ0n) is 10.2.